The highest BCUT2D eigenvalue weighted by atomic mass is 16.6. The molecule has 0 atom stereocenters. The third-order valence-corrected chi connectivity index (χ3v) is 4.86. The molecule has 0 saturated heterocycles. The first-order valence-corrected chi connectivity index (χ1v) is 9.38. The van der Waals surface area contributed by atoms with Gasteiger partial charge in [-0.15, -0.1) is 0 Å². The van der Waals surface area contributed by atoms with Crippen LogP contribution in [0.25, 0.3) is 16.6 Å². The minimum absolute atomic E-state index is 0.0694. The van der Waals surface area contributed by atoms with Crippen molar-refractivity contribution in [2.75, 3.05) is 13.2 Å². The smallest absolute Gasteiger partial charge is 0.326 e. The number of carbonyl (C=O) groups is 3. The Labute approximate surface area is 184 Å². The van der Waals surface area contributed by atoms with E-state index in [0.29, 0.717) is 15.9 Å². The molecule has 2 amide bonds. The second-order valence-corrected chi connectivity index (χ2v) is 6.85. The van der Waals surface area contributed by atoms with Crippen LogP contribution in [0.1, 0.15) is 26.5 Å². The number of ether oxygens (including phenoxy) is 1. The molecule has 0 radical (unpaired) electrons. The zero-order valence-electron chi connectivity index (χ0n) is 16.6. The summed E-state index contributed by atoms with van der Waals surface area (Å²) < 4.78 is 4.90. The zero-order valence-corrected chi connectivity index (χ0v) is 16.6. The average Bonchev–Trinajstić information content (AvgIpc) is 3.33. The van der Waals surface area contributed by atoms with Gasteiger partial charge in [-0.2, -0.15) is 5.26 Å². The summed E-state index contributed by atoms with van der Waals surface area (Å²) in [7, 11) is 0. The summed E-state index contributed by atoms with van der Waals surface area (Å²) in [5.41, 5.74) is -0.210. The van der Waals surface area contributed by atoms with Crippen molar-refractivity contribution in [3.63, 3.8) is 0 Å². The maximum atomic E-state index is 12.5. The molecule has 0 spiro atoms. The number of aliphatic hydroxyl groups is 1. The summed E-state index contributed by atoms with van der Waals surface area (Å²) >= 11 is 0. The van der Waals surface area contributed by atoms with E-state index >= 15 is 0 Å². The number of esters is 1. The molecule has 3 aromatic rings. The fourth-order valence-electron chi connectivity index (χ4n) is 3.33. The number of amides is 2. The molecule has 0 fully saturated rings. The van der Waals surface area contributed by atoms with Gasteiger partial charge in [0, 0.05) is 6.07 Å². The van der Waals surface area contributed by atoms with Gasteiger partial charge in [-0.3, -0.25) is 29.4 Å². The number of H-pyrrole nitrogens is 1. The van der Waals surface area contributed by atoms with Crippen LogP contribution in [0, 0.1) is 21.4 Å². The second kappa shape index (κ2) is 8.23. The van der Waals surface area contributed by atoms with Crippen LogP contribution in [-0.4, -0.2) is 55.8 Å². The summed E-state index contributed by atoms with van der Waals surface area (Å²) in [5.74, 6) is -3.47. The molecule has 12 heteroatoms. The van der Waals surface area contributed by atoms with Gasteiger partial charge in [0.05, 0.1) is 21.5 Å². The van der Waals surface area contributed by atoms with Gasteiger partial charge in [0.25, 0.3) is 17.5 Å². The Morgan fingerprint density at radius 3 is 2.67 bits per heavy atom. The van der Waals surface area contributed by atoms with Crippen LogP contribution in [0.5, 0.6) is 0 Å². The van der Waals surface area contributed by atoms with E-state index in [1.165, 1.54) is 12.1 Å². The van der Waals surface area contributed by atoms with E-state index in [-0.39, 0.29) is 17.0 Å². The number of aliphatic hydroxyl groups excluding tert-OH is 1. The number of rotatable bonds is 6. The first-order valence-electron chi connectivity index (χ1n) is 9.38. The van der Waals surface area contributed by atoms with E-state index in [1.54, 1.807) is 30.3 Å². The summed E-state index contributed by atoms with van der Waals surface area (Å²) in [6, 6.07) is 12.3. The number of nitro groups is 1. The lowest BCUT2D eigenvalue weighted by molar-refractivity contribution is -0.385. The molecule has 0 saturated carbocycles. The van der Waals surface area contributed by atoms with Crippen molar-refractivity contribution in [2.45, 2.75) is 0 Å². The van der Waals surface area contributed by atoms with Crippen LogP contribution in [0.2, 0.25) is 0 Å². The van der Waals surface area contributed by atoms with Crippen molar-refractivity contribution in [1.29, 1.82) is 5.26 Å². The number of nitrogens with one attached hydrogen (secondary N) is 1. The van der Waals surface area contributed by atoms with Gasteiger partial charge < -0.3 is 14.8 Å². The number of aromatic nitrogens is 2. The van der Waals surface area contributed by atoms with Crippen LogP contribution in [0.4, 0.5) is 5.69 Å². The minimum atomic E-state index is -1.07. The van der Waals surface area contributed by atoms with Crippen molar-refractivity contribution < 1.29 is 29.2 Å². The molecular weight excluding hydrogens is 434 g/mol. The number of aromatic amines is 1. The van der Waals surface area contributed by atoms with E-state index in [0.717, 1.165) is 6.07 Å². The molecule has 12 nitrogen and oxygen atoms in total. The lowest BCUT2D eigenvalue weighted by Crippen LogP contribution is -2.36. The standard InChI is InChI=1S/C21H13N5O7/c22-8-12(19-23-13-5-1-2-6-14(13)24-19)16(27)10-33-17(28)9-25-20(29)11-4-3-7-15(26(31)32)18(11)21(25)30/h1-7,27H,9-10H2,(H,23,24). The Bertz CT molecular complexity index is 1380. The number of nitrogens with zero attached hydrogens (tertiary/aromatic N) is 4. The molecule has 2 aromatic carbocycles. The molecule has 33 heavy (non-hydrogen) atoms. The van der Waals surface area contributed by atoms with Gasteiger partial charge >= 0.3 is 5.97 Å². The van der Waals surface area contributed by atoms with Crippen molar-refractivity contribution >= 4 is 40.1 Å². The summed E-state index contributed by atoms with van der Waals surface area (Å²) in [5, 5.41) is 30.8. The lowest BCUT2D eigenvalue weighted by Gasteiger charge is -2.13. The van der Waals surface area contributed by atoms with Crippen LogP contribution in [0.3, 0.4) is 0 Å². The van der Waals surface area contributed by atoms with Crippen molar-refractivity contribution in [3.8, 4) is 6.07 Å². The van der Waals surface area contributed by atoms with E-state index in [1.807, 2.05) is 0 Å². The normalized spacial score (nSPS) is 13.5. The zero-order chi connectivity index (χ0) is 23.7. The molecule has 1 aliphatic heterocycles. The number of imidazole rings is 1. The summed E-state index contributed by atoms with van der Waals surface area (Å²) in [6.07, 6.45) is 0. The number of allylic oxidation sites excluding steroid dienone is 1. The number of carbonyl (C=O) groups excluding carboxylic acids is 3. The largest absolute Gasteiger partial charge is 0.507 e. The quantitative estimate of drug-likeness (QED) is 0.143. The number of fused-ring (bicyclic) bond motifs is 2. The monoisotopic (exact) mass is 447 g/mol. The summed E-state index contributed by atoms with van der Waals surface area (Å²) in [4.78, 5) is 55.1. The molecule has 0 aliphatic carbocycles. The number of imide groups is 1. The molecule has 164 valence electrons. The molecule has 4 rings (SSSR count). The Hall–Kier alpha value is -5.05. The third kappa shape index (κ3) is 3.74. The van der Waals surface area contributed by atoms with Crippen LogP contribution in [-0.2, 0) is 9.53 Å². The highest BCUT2D eigenvalue weighted by molar-refractivity contribution is 6.24. The number of para-hydroxylation sites is 2. The van der Waals surface area contributed by atoms with Crippen LogP contribution >= 0.6 is 0 Å². The van der Waals surface area contributed by atoms with Gasteiger partial charge in [-0.05, 0) is 18.2 Å². The third-order valence-electron chi connectivity index (χ3n) is 4.86. The van der Waals surface area contributed by atoms with Crippen molar-refractivity contribution in [1.82, 2.24) is 14.9 Å². The number of benzene rings is 2. The molecule has 2 N–H and O–H groups in total. The highest BCUT2D eigenvalue weighted by Crippen LogP contribution is 2.30. The SMILES string of the molecule is N#CC(=C(O)COC(=O)CN1C(=O)c2cccc([N+](=O)[O-])c2C1=O)c1nc2ccccc2[nH]1. The van der Waals surface area contributed by atoms with E-state index in [9.17, 15) is 34.9 Å². The van der Waals surface area contributed by atoms with E-state index < -0.39 is 52.9 Å². The van der Waals surface area contributed by atoms with Gasteiger partial charge in [-0.1, -0.05) is 18.2 Å². The first-order chi connectivity index (χ1) is 15.8. The minimum Gasteiger partial charge on any atom is -0.507 e. The molecule has 0 unspecified atom stereocenters. The Morgan fingerprint density at radius 2 is 1.97 bits per heavy atom. The molecular formula is C21H13N5O7. The Morgan fingerprint density at radius 1 is 1.21 bits per heavy atom. The maximum Gasteiger partial charge on any atom is 0.326 e. The number of nitriles is 1. The topological polar surface area (TPSA) is 180 Å². The molecule has 0 bridgehead atoms. The van der Waals surface area contributed by atoms with Crippen molar-refractivity contribution in [2.24, 2.45) is 0 Å². The fourth-order valence-corrected chi connectivity index (χ4v) is 3.33. The number of hydrogen-bond donors (Lipinski definition) is 2. The van der Waals surface area contributed by atoms with Gasteiger partial charge in [-0.25, -0.2) is 4.98 Å². The molecule has 1 aromatic heterocycles. The molecule has 1 aliphatic rings. The first kappa shape index (κ1) is 21.2. The van der Waals surface area contributed by atoms with E-state index in [2.05, 4.69) is 9.97 Å². The predicted molar refractivity (Wildman–Crippen MR) is 111 cm³/mol. The van der Waals surface area contributed by atoms with Gasteiger partial charge in [0.15, 0.2) is 11.6 Å². The van der Waals surface area contributed by atoms with Crippen LogP contribution < -0.4 is 0 Å². The Kier molecular flexibility index (Phi) is 5.29. The fraction of sp³-hybridized carbons (Fsp3) is 0.0952. The van der Waals surface area contributed by atoms with Crippen LogP contribution in [0.15, 0.2) is 48.2 Å². The predicted octanol–water partition coefficient (Wildman–Crippen LogP) is 2.10. The highest BCUT2D eigenvalue weighted by Gasteiger charge is 2.42. The molecule has 2 heterocycles. The van der Waals surface area contributed by atoms with Gasteiger partial charge in [0.2, 0.25) is 0 Å². The lowest BCUT2D eigenvalue weighted by atomic mass is 10.1. The van der Waals surface area contributed by atoms with Crippen molar-refractivity contribution in [3.05, 3.63) is 75.3 Å². The maximum absolute atomic E-state index is 12.5. The number of nitro benzene ring substituents is 1. The van der Waals surface area contributed by atoms with E-state index in [4.69, 9.17) is 4.74 Å². The Balaban J connectivity index is 1.47. The summed E-state index contributed by atoms with van der Waals surface area (Å²) in [6.45, 7) is -1.55. The van der Waals surface area contributed by atoms with Gasteiger partial charge in [0.1, 0.15) is 30.4 Å². The number of hydrogen-bond acceptors (Lipinski definition) is 9. The average molecular weight is 447 g/mol. The second-order valence-electron chi connectivity index (χ2n) is 6.85.